The van der Waals surface area contributed by atoms with Crippen LogP contribution in [0, 0.1) is 10.5 Å². The largest absolute Gasteiger partial charge is 0.368 e. The third-order valence-electron chi connectivity index (χ3n) is 3.44. The van der Waals surface area contributed by atoms with E-state index >= 15 is 0 Å². The molecule has 0 radical (unpaired) electrons. The molecule has 20 heavy (non-hydrogen) atoms. The highest BCUT2D eigenvalue weighted by Gasteiger charge is 2.33. The van der Waals surface area contributed by atoms with E-state index in [1.807, 2.05) is 62.4 Å². The number of carbonyl (C=O) groups excluding carboxylic acids is 1. The lowest BCUT2D eigenvalue weighted by Gasteiger charge is -2.30. The summed E-state index contributed by atoms with van der Waals surface area (Å²) in [5.74, 6) is -0.401. The molecular weight excluding hydrogens is 363 g/mol. The highest BCUT2D eigenvalue weighted by atomic mass is 127. The number of nitrogens with two attached hydrogens (primary N) is 1. The van der Waals surface area contributed by atoms with Crippen LogP contribution in [0.25, 0.3) is 0 Å². The van der Waals surface area contributed by atoms with Gasteiger partial charge in [0.05, 0.1) is 0 Å². The molecule has 1 unspecified atom stereocenters. The second kappa shape index (κ2) is 5.83. The minimum Gasteiger partial charge on any atom is -0.368 e. The van der Waals surface area contributed by atoms with Gasteiger partial charge in [-0.3, -0.25) is 4.79 Å². The molecule has 2 aromatic rings. The fraction of sp³-hybridized carbons (Fsp3) is 0.188. The molecule has 104 valence electrons. The number of primary amides is 1. The number of benzene rings is 2. The molecule has 0 saturated heterocycles. The van der Waals surface area contributed by atoms with Crippen LogP contribution in [0.2, 0.25) is 0 Å². The van der Waals surface area contributed by atoms with E-state index in [2.05, 4.69) is 27.9 Å². The van der Waals surface area contributed by atoms with Crippen LogP contribution < -0.4 is 11.1 Å². The van der Waals surface area contributed by atoms with Crippen molar-refractivity contribution in [3.63, 3.8) is 0 Å². The van der Waals surface area contributed by atoms with Crippen molar-refractivity contribution in [2.45, 2.75) is 19.4 Å². The number of hydrogen-bond acceptors (Lipinski definition) is 2. The molecule has 0 heterocycles. The second-order valence-electron chi connectivity index (χ2n) is 4.94. The Morgan fingerprint density at radius 3 is 2.30 bits per heavy atom. The van der Waals surface area contributed by atoms with E-state index in [4.69, 9.17) is 5.73 Å². The second-order valence-corrected chi connectivity index (χ2v) is 6.18. The fourth-order valence-corrected chi connectivity index (χ4v) is 2.40. The molecule has 0 saturated carbocycles. The smallest absolute Gasteiger partial charge is 0.247 e. The number of halogens is 1. The normalized spacial score (nSPS) is 13.6. The summed E-state index contributed by atoms with van der Waals surface area (Å²) in [7, 11) is 0. The van der Waals surface area contributed by atoms with Gasteiger partial charge in [0, 0.05) is 9.26 Å². The molecule has 0 fully saturated rings. The number of hydrogen-bond donors (Lipinski definition) is 2. The molecule has 3 N–H and O–H groups in total. The number of para-hydroxylation sites is 1. The monoisotopic (exact) mass is 380 g/mol. The minimum atomic E-state index is -0.934. The van der Waals surface area contributed by atoms with E-state index in [0.29, 0.717) is 0 Å². The molecule has 1 atom stereocenters. The molecule has 0 aliphatic carbocycles. The van der Waals surface area contributed by atoms with Gasteiger partial charge in [-0.15, -0.1) is 0 Å². The lowest BCUT2D eigenvalue weighted by molar-refractivity contribution is -0.122. The minimum absolute atomic E-state index is 0.401. The van der Waals surface area contributed by atoms with Crippen molar-refractivity contribution in [3.8, 4) is 0 Å². The summed E-state index contributed by atoms with van der Waals surface area (Å²) in [6.07, 6.45) is 0. The lowest BCUT2D eigenvalue weighted by atomic mass is 9.90. The quantitative estimate of drug-likeness (QED) is 0.799. The maximum absolute atomic E-state index is 12.0. The summed E-state index contributed by atoms with van der Waals surface area (Å²) in [5, 5.41) is 3.28. The number of aryl methyl sites for hydroxylation is 1. The van der Waals surface area contributed by atoms with Crippen molar-refractivity contribution < 1.29 is 4.79 Å². The molecular formula is C16H17IN2O. The number of amides is 1. The lowest BCUT2D eigenvalue weighted by Crippen LogP contribution is -2.45. The molecule has 2 aromatic carbocycles. The Balaban J connectivity index is 2.43. The fourth-order valence-electron chi connectivity index (χ4n) is 2.04. The van der Waals surface area contributed by atoms with E-state index in [1.54, 1.807) is 0 Å². The summed E-state index contributed by atoms with van der Waals surface area (Å²) in [5.41, 5.74) is 7.54. The van der Waals surface area contributed by atoms with E-state index < -0.39 is 11.4 Å². The van der Waals surface area contributed by atoms with Gasteiger partial charge in [0.15, 0.2) is 0 Å². The van der Waals surface area contributed by atoms with Gasteiger partial charge in [0.2, 0.25) is 5.91 Å². The van der Waals surface area contributed by atoms with E-state index in [9.17, 15) is 4.79 Å². The first-order valence-electron chi connectivity index (χ1n) is 6.33. The Morgan fingerprint density at radius 2 is 1.75 bits per heavy atom. The van der Waals surface area contributed by atoms with Crippen molar-refractivity contribution in [1.29, 1.82) is 0 Å². The Bertz CT molecular complexity index is 625. The summed E-state index contributed by atoms with van der Waals surface area (Å²) in [6, 6.07) is 15.6. The third-order valence-corrected chi connectivity index (χ3v) is 4.16. The average Bonchev–Trinajstić information content (AvgIpc) is 2.42. The SMILES string of the molecule is Cc1ccccc1NC(C)(C(N)=O)c1ccc(I)cc1. The van der Waals surface area contributed by atoms with Gasteiger partial charge in [0.1, 0.15) is 5.54 Å². The number of anilines is 1. The summed E-state index contributed by atoms with van der Waals surface area (Å²) in [4.78, 5) is 12.0. The molecule has 0 bridgehead atoms. The van der Waals surface area contributed by atoms with Crippen LogP contribution in [0.1, 0.15) is 18.1 Å². The molecule has 0 aliphatic heterocycles. The van der Waals surface area contributed by atoms with E-state index in [0.717, 1.165) is 20.4 Å². The summed E-state index contributed by atoms with van der Waals surface area (Å²) < 4.78 is 1.12. The van der Waals surface area contributed by atoms with Crippen molar-refractivity contribution in [3.05, 3.63) is 63.2 Å². The maximum atomic E-state index is 12.0. The van der Waals surface area contributed by atoms with E-state index in [1.165, 1.54) is 0 Å². The zero-order valence-corrected chi connectivity index (χ0v) is 13.6. The van der Waals surface area contributed by atoms with Gasteiger partial charge in [-0.2, -0.15) is 0 Å². The Morgan fingerprint density at radius 1 is 1.15 bits per heavy atom. The highest BCUT2D eigenvalue weighted by molar-refractivity contribution is 14.1. The van der Waals surface area contributed by atoms with Gasteiger partial charge >= 0.3 is 0 Å². The third kappa shape index (κ3) is 2.95. The highest BCUT2D eigenvalue weighted by Crippen LogP contribution is 2.28. The molecule has 0 spiro atoms. The molecule has 1 amide bonds. The van der Waals surface area contributed by atoms with Crippen molar-refractivity contribution in [2.24, 2.45) is 5.73 Å². The van der Waals surface area contributed by atoms with Crippen molar-refractivity contribution in [1.82, 2.24) is 0 Å². The van der Waals surface area contributed by atoms with Gasteiger partial charge in [-0.25, -0.2) is 0 Å². The molecule has 0 aromatic heterocycles. The Labute approximate surface area is 132 Å². The standard InChI is InChI=1S/C16H17IN2O/c1-11-5-3-4-6-14(11)19-16(2,15(18)20)12-7-9-13(17)10-8-12/h3-10,19H,1-2H3,(H2,18,20). The summed E-state index contributed by atoms with van der Waals surface area (Å²) in [6.45, 7) is 3.81. The van der Waals surface area contributed by atoms with Crippen LogP contribution in [0.15, 0.2) is 48.5 Å². The zero-order chi connectivity index (χ0) is 14.8. The van der Waals surface area contributed by atoms with Crippen LogP contribution in [0.5, 0.6) is 0 Å². The van der Waals surface area contributed by atoms with E-state index in [-0.39, 0.29) is 0 Å². The van der Waals surface area contributed by atoms with Crippen LogP contribution in [0.4, 0.5) is 5.69 Å². The van der Waals surface area contributed by atoms with Crippen LogP contribution in [0.3, 0.4) is 0 Å². The topological polar surface area (TPSA) is 55.1 Å². The number of rotatable bonds is 4. The van der Waals surface area contributed by atoms with Crippen molar-refractivity contribution in [2.75, 3.05) is 5.32 Å². The number of nitrogens with one attached hydrogen (secondary N) is 1. The van der Waals surface area contributed by atoms with Crippen LogP contribution in [-0.2, 0) is 10.3 Å². The zero-order valence-electron chi connectivity index (χ0n) is 11.5. The first kappa shape index (κ1) is 14.8. The van der Waals surface area contributed by atoms with Gasteiger partial charge in [-0.1, -0.05) is 30.3 Å². The van der Waals surface area contributed by atoms with Crippen LogP contribution in [-0.4, -0.2) is 5.91 Å². The van der Waals surface area contributed by atoms with Gasteiger partial charge in [0.25, 0.3) is 0 Å². The number of carbonyl (C=O) groups is 1. The maximum Gasteiger partial charge on any atom is 0.247 e. The molecule has 2 rings (SSSR count). The average molecular weight is 380 g/mol. The molecule has 3 nitrogen and oxygen atoms in total. The van der Waals surface area contributed by atoms with Crippen LogP contribution >= 0.6 is 22.6 Å². The Hall–Kier alpha value is -1.56. The molecule has 0 aliphatic rings. The first-order chi connectivity index (χ1) is 9.43. The summed E-state index contributed by atoms with van der Waals surface area (Å²) >= 11 is 2.23. The van der Waals surface area contributed by atoms with Gasteiger partial charge < -0.3 is 11.1 Å². The predicted octanol–water partition coefficient (Wildman–Crippen LogP) is 3.41. The molecule has 4 heteroatoms. The van der Waals surface area contributed by atoms with Crippen molar-refractivity contribution >= 4 is 34.2 Å². The van der Waals surface area contributed by atoms with Gasteiger partial charge in [-0.05, 0) is 65.8 Å². The predicted molar refractivity (Wildman–Crippen MR) is 90.5 cm³/mol. The first-order valence-corrected chi connectivity index (χ1v) is 7.41. The Kier molecular flexibility index (Phi) is 4.32.